The van der Waals surface area contributed by atoms with Crippen molar-refractivity contribution in [3.05, 3.63) is 42.6 Å². The lowest BCUT2D eigenvalue weighted by molar-refractivity contribution is 0.295. The lowest BCUT2D eigenvalue weighted by atomic mass is 10.1. The highest BCUT2D eigenvalue weighted by Gasteiger charge is 2.10. The summed E-state index contributed by atoms with van der Waals surface area (Å²) in [7, 11) is 0. The second-order valence-electron chi connectivity index (χ2n) is 6.43. The van der Waals surface area contributed by atoms with E-state index in [0.29, 0.717) is 6.04 Å². The largest absolute Gasteiger partial charge is 0.366 e. The zero-order valence-corrected chi connectivity index (χ0v) is 15.0. The number of benzene rings is 1. The van der Waals surface area contributed by atoms with E-state index in [2.05, 4.69) is 71.9 Å². The van der Waals surface area contributed by atoms with Crippen LogP contribution in [-0.4, -0.2) is 40.0 Å². The zero-order valence-electron chi connectivity index (χ0n) is 15.0. The molecular weight excluding hydrogens is 296 g/mol. The van der Waals surface area contributed by atoms with Gasteiger partial charge in [-0.2, -0.15) is 0 Å². The van der Waals surface area contributed by atoms with Gasteiger partial charge in [0.2, 0.25) is 0 Å². The first kappa shape index (κ1) is 16.8. The first-order valence-electron chi connectivity index (χ1n) is 9.07. The van der Waals surface area contributed by atoms with Gasteiger partial charge in [-0.05, 0) is 63.7 Å². The molecule has 0 spiro atoms. The van der Waals surface area contributed by atoms with Gasteiger partial charge >= 0.3 is 0 Å². The van der Waals surface area contributed by atoms with E-state index in [1.165, 1.54) is 13.0 Å². The van der Waals surface area contributed by atoms with Gasteiger partial charge < -0.3 is 14.6 Å². The second kappa shape index (κ2) is 7.67. The smallest absolute Gasteiger partial charge is 0.151 e. The van der Waals surface area contributed by atoms with E-state index < -0.39 is 0 Å². The molecule has 0 saturated carbocycles. The minimum Gasteiger partial charge on any atom is -0.366 e. The van der Waals surface area contributed by atoms with Crippen molar-refractivity contribution in [2.24, 2.45) is 0 Å². The van der Waals surface area contributed by atoms with Crippen LogP contribution in [0, 0.1) is 0 Å². The summed E-state index contributed by atoms with van der Waals surface area (Å²) in [5.41, 5.74) is 3.32. The van der Waals surface area contributed by atoms with Crippen LogP contribution in [0.5, 0.6) is 0 Å². The monoisotopic (exact) mass is 324 g/mol. The van der Waals surface area contributed by atoms with Gasteiger partial charge in [-0.1, -0.05) is 26.0 Å². The lowest BCUT2D eigenvalue weighted by Crippen LogP contribution is -2.25. The van der Waals surface area contributed by atoms with Crippen molar-refractivity contribution in [1.82, 2.24) is 14.3 Å². The van der Waals surface area contributed by atoms with Gasteiger partial charge in [0.05, 0.1) is 16.6 Å². The molecule has 2 heterocycles. The number of para-hydroxylation sites is 2. The van der Waals surface area contributed by atoms with E-state index in [-0.39, 0.29) is 0 Å². The Hall–Kier alpha value is -2.07. The molecule has 128 valence electrons. The molecule has 4 nitrogen and oxygen atoms in total. The number of fused-ring (bicyclic) bond motifs is 3. The van der Waals surface area contributed by atoms with Crippen LogP contribution < -0.4 is 5.32 Å². The standard InChI is InChI=1S/C20H28N4/c1-4-23(5-2)14-8-10-16(3)21-20-19-13-9-15-24(19)18-12-7-6-11-17(18)22-20/h6-7,9,11-13,15-16H,4-5,8,10,14H2,1-3H3,(H,21,22). The van der Waals surface area contributed by atoms with E-state index in [4.69, 9.17) is 4.98 Å². The van der Waals surface area contributed by atoms with Crippen LogP contribution >= 0.6 is 0 Å². The Bertz CT molecular complexity index is 789. The summed E-state index contributed by atoms with van der Waals surface area (Å²) in [5, 5.41) is 3.62. The Labute approximate surface area is 144 Å². The normalized spacial score (nSPS) is 13.0. The summed E-state index contributed by atoms with van der Waals surface area (Å²) in [6.45, 7) is 10.1. The van der Waals surface area contributed by atoms with Crippen LogP contribution in [0.25, 0.3) is 16.6 Å². The highest BCUT2D eigenvalue weighted by molar-refractivity contribution is 5.84. The molecule has 0 radical (unpaired) electrons. The van der Waals surface area contributed by atoms with Gasteiger partial charge in [-0.15, -0.1) is 0 Å². The van der Waals surface area contributed by atoms with Crippen molar-refractivity contribution in [3.63, 3.8) is 0 Å². The van der Waals surface area contributed by atoms with Crippen molar-refractivity contribution >= 4 is 22.4 Å². The average Bonchev–Trinajstić information content (AvgIpc) is 3.09. The predicted octanol–water partition coefficient (Wildman–Crippen LogP) is 4.41. The predicted molar refractivity (Wildman–Crippen MR) is 103 cm³/mol. The minimum atomic E-state index is 0.410. The molecule has 0 aliphatic carbocycles. The highest BCUT2D eigenvalue weighted by Crippen LogP contribution is 2.23. The van der Waals surface area contributed by atoms with Crippen molar-refractivity contribution in [2.75, 3.05) is 25.0 Å². The number of hydrogen-bond donors (Lipinski definition) is 1. The molecule has 0 amide bonds. The molecule has 0 saturated heterocycles. The minimum absolute atomic E-state index is 0.410. The molecule has 0 aliphatic heterocycles. The quantitative estimate of drug-likeness (QED) is 0.666. The fourth-order valence-electron chi connectivity index (χ4n) is 3.30. The molecule has 1 atom stereocenters. The van der Waals surface area contributed by atoms with Crippen LogP contribution in [0.2, 0.25) is 0 Å². The molecule has 3 rings (SSSR count). The van der Waals surface area contributed by atoms with Crippen molar-refractivity contribution in [2.45, 2.75) is 39.7 Å². The fourth-order valence-corrected chi connectivity index (χ4v) is 3.30. The molecule has 1 aromatic carbocycles. The molecule has 3 aromatic rings. The van der Waals surface area contributed by atoms with Gasteiger partial charge in [0.25, 0.3) is 0 Å². The molecule has 0 fully saturated rings. The maximum absolute atomic E-state index is 4.85. The summed E-state index contributed by atoms with van der Waals surface area (Å²) < 4.78 is 2.22. The number of nitrogens with one attached hydrogen (secondary N) is 1. The van der Waals surface area contributed by atoms with E-state index in [9.17, 15) is 0 Å². The highest BCUT2D eigenvalue weighted by atomic mass is 15.1. The zero-order chi connectivity index (χ0) is 16.9. The number of rotatable bonds is 8. The van der Waals surface area contributed by atoms with Gasteiger partial charge in [-0.25, -0.2) is 4.98 Å². The summed E-state index contributed by atoms with van der Waals surface area (Å²) in [6, 6.07) is 12.9. The maximum atomic E-state index is 4.85. The Morgan fingerprint density at radius 2 is 1.83 bits per heavy atom. The average molecular weight is 324 g/mol. The fraction of sp³-hybridized carbons (Fsp3) is 0.450. The van der Waals surface area contributed by atoms with Crippen molar-refractivity contribution < 1.29 is 0 Å². The van der Waals surface area contributed by atoms with Gasteiger partial charge in [0, 0.05) is 12.2 Å². The Morgan fingerprint density at radius 3 is 2.62 bits per heavy atom. The van der Waals surface area contributed by atoms with Gasteiger partial charge in [0.15, 0.2) is 5.82 Å². The molecule has 0 bridgehead atoms. The van der Waals surface area contributed by atoms with Gasteiger partial charge in [-0.3, -0.25) is 0 Å². The second-order valence-corrected chi connectivity index (χ2v) is 6.43. The van der Waals surface area contributed by atoms with Crippen LogP contribution in [0.1, 0.15) is 33.6 Å². The Balaban J connectivity index is 1.73. The van der Waals surface area contributed by atoms with E-state index in [1.807, 2.05) is 6.07 Å². The van der Waals surface area contributed by atoms with Crippen LogP contribution in [-0.2, 0) is 0 Å². The van der Waals surface area contributed by atoms with Crippen molar-refractivity contribution in [1.29, 1.82) is 0 Å². The van der Waals surface area contributed by atoms with Crippen LogP contribution in [0.3, 0.4) is 0 Å². The summed E-state index contributed by atoms with van der Waals surface area (Å²) in [4.78, 5) is 7.33. The summed E-state index contributed by atoms with van der Waals surface area (Å²) in [5.74, 6) is 0.981. The topological polar surface area (TPSA) is 32.6 Å². The summed E-state index contributed by atoms with van der Waals surface area (Å²) >= 11 is 0. The molecule has 1 unspecified atom stereocenters. The number of nitrogens with zero attached hydrogens (tertiary/aromatic N) is 3. The van der Waals surface area contributed by atoms with E-state index in [1.54, 1.807) is 0 Å². The third kappa shape index (κ3) is 3.54. The molecule has 1 N–H and O–H groups in total. The third-order valence-corrected chi connectivity index (χ3v) is 4.75. The number of anilines is 1. The number of aromatic nitrogens is 2. The Morgan fingerprint density at radius 1 is 1.08 bits per heavy atom. The molecule has 2 aromatic heterocycles. The van der Waals surface area contributed by atoms with Crippen LogP contribution in [0.4, 0.5) is 5.82 Å². The first-order valence-corrected chi connectivity index (χ1v) is 9.07. The Kier molecular flexibility index (Phi) is 5.36. The van der Waals surface area contributed by atoms with Crippen LogP contribution in [0.15, 0.2) is 42.6 Å². The molecule has 24 heavy (non-hydrogen) atoms. The molecule has 4 heteroatoms. The number of hydrogen-bond acceptors (Lipinski definition) is 3. The van der Waals surface area contributed by atoms with Crippen molar-refractivity contribution in [3.8, 4) is 0 Å². The first-order chi connectivity index (χ1) is 11.7. The molecular formula is C20H28N4. The molecule has 0 aliphatic rings. The lowest BCUT2D eigenvalue weighted by Gasteiger charge is -2.20. The third-order valence-electron chi connectivity index (χ3n) is 4.75. The SMILES string of the molecule is CCN(CC)CCCC(C)Nc1nc2ccccc2n2cccc12. The van der Waals surface area contributed by atoms with E-state index in [0.717, 1.165) is 41.9 Å². The summed E-state index contributed by atoms with van der Waals surface area (Å²) in [6.07, 6.45) is 4.47. The van der Waals surface area contributed by atoms with E-state index >= 15 is 0 Å². The van der Waals surface area contributed by atoms with Gasteiger partial charge in [0.1, 0.15) is 0 Å². The maximum Gasteiger partial charge on any atom is 0.151 e.